The van der Waals surface area contributed by atoms with Crippen LogP contribution in [0.4, 0.5) is 13.2 Å². The lowest BCUT2D eigenvalue weighted by atomic mass is 9.96. The van der Waals surface area contributed by atoms with Gasteiger partial charge in [-0.3, -0.25) is 9.89 Å². The molecular weight excluding hydrogens is 433 g/mol. The molecule has 0 bridgehead atoms. The van der Waals surface area contributed by atoms with Crippen LogP contribution in [0.5, 0.6) is 0 Å². The Morgan fingerprint density at radius 1 is 1.03 bits per heavy atom. The summed E-state index contributed by atoms with van der Waals surface area (Å²) in [7, 11) is 0. The number of aryl methyl sites for hydroxylation is 1. The van der Waals surface area contributed by atoms with Crippen molar-refractivity contribution in [3.63, 3.8) is 0 Å². The maximum absolute atomic E-state index is 12.9. The predicted molar refractivity (Wildman–Crippen MR) is 118 cm³/mol. The van der Waals surface area contributed by atoms with Crippen molar-refractivity contribution in [2.75, 3.05) is 0 Å². The first-order valence-electron chi connectivity index (χ1n) is 10.6. The van der Waals surface area contributed by atoms with Gasteiger partial charge in [-0.05, 0) is 34.7 Å². The second kappa shape index (κ2) is 9.43. The Morgan fingerprint density at radius 2 is 1.76 bits per heavy atom. The van der Waals surface area contributed by atoms with E-state index < -0.39 is 18.3 Å². The van der Waals surface area contributed by atoms with Gasteiger partial charge in [-0.1, -0.05) is 61.9 Å². The molecular formula is C23H23F3N6O. The smallest absolute Gasteiger partial charge is 0.299 e. The van der Waals surface area contributed by atoms with Crippen molar-refractivity contribution in [1.29, 1.82) is 0 Å². The number of hydrogen-bond donors (Lipinski definition) is 2. The lowest BCUT2D eigenvalue weighted by molar-refractivity contribution is -0.143. The van der Waals surface area contributed by atoms with Gasteiger partial charge in [0.1, 0.15) is 6.54 Å². The number of aromatic nitrogens is 6. The molecule has 33 heavy (non-hydrogen) atoms. The van der Waals surface area contributed by atoms with Crippen molar-refractivity contribution in [3.05, 3.63) is 75.7 Å². The highest BCUT2D eigenvalue weighted by atomic mass is 19.4. The van der Waals surface area contributed by atoms with Crippen LogP contribution < -0.4 is 5.56 Å². The molecule has 0 aliphatic heterocycles. The minimum absolute atomic E-state index is 0.256. The first kappa shape index (κ1) is 22.5. The van der Waals surface area contributed by atoms with E-state index in [9.17, 15) is 18.0 Å². The van der Waals surface area contributed by atoms with Crippen LogP contribution in [0.25, 0.3) is 22.5 Å². The van der Waals surface area contributed by atoms with Gasteiger partial charge in [0.15, 0.2) is 0 Å². The number of H-pyrrole nitrogens is 2. The van der Waals surface area contributed by atoms with Crippen LogP contribution in [0.15, 0.2) is 53.3 Å². The summed E-state index contributed by atoms with van der Waals surface area (Å²) in [4.78, 5) is 12.7. The zero-order valence-corrected chi connectivity index (χ0v) is 18.0. The van der Waals surface area contributed by atoms with Gasteiger partial charge in [-0.25, -0.2) is 4.68 Å². The number of aromatic amines is 2. The van der Waals surface area contributed by atoms with E-state index in [1.54, 1.807) is 0 Å². The lowest BCUT2D eigenvalue weighted by Crippen LogP contribution is -2.27. The number of halogens is 3. The highest BCUT2D eigenvalue weighted by molar-refractivity contribution is 5.80. The van der Waals surface area contributed by atoms with Crippen LogP contribution in [0.1, 0.15) is 36.6 Å². The van der Waals surface area contributed by atoms with Crippen molar-refractivity contribution in [1.82, 2.24) is 30.4 Å². The largest absolute Gasteiger partial charge is 0.408 e. The number of rotatable bonds is 8. The molecule has 0 saturated carbocycles. The van der Waals surface area contributed by atoms with E-state index >= 15 is 0 Å². The van der Waals surface area contributed by atoms with Gasteiger partial charge >= 0.3 is 6.18 Å². The number of benzene rings is 2. The second-order valence-corrected chi connectivity index (χ2v) is 7.83. The van der Waals surface area contributed by atoms with Gasteiger partial charge in [0.2, 0.25) is 5.82 Å². The van der Waals surface area contributed by atoms with Crippen molar-refractivity contribution in [3.8, 4) is 22.5 Å². The number of alkyl halides is 3. The molecule has 7 nitrogen and oxygen atoms in total. The molecule has 0 fully saturated rings. The molecule has 0 saturated heterocycles. The second-order valence-electron chi connectivity index (χ2n) is 7.83. The van der Waals surface area contributed by atoms with Crippen molar-refractivity contribution in [2.45, 2.75) is 45.3 Å². The van der Waals surface area contributed by atoms with Crippen LogP contribution in [0, 0.1) is 0 Å². The van der Waals surface area contributed by atoms with E-state index in [2.05, 4.69) is 25.7 Å². The standard InChI is InChI=1S/C23H23F3N6O/c1-2-3-8-20-19(22(33)32(29-20)14-23(24,25)26)13-15-9-11-16(12-10-15)17-6-4-5-7-18(17)21-27-30-31-28-21/h4-7,9-12,29H,2-3,8,13-14H2,1H3,(H,27,28,30,31). The molecule has 2 N–H and O–H groups in total. The average molecular weight is 456 g/mol. The molecule has 2 aromatic heterocycles. The summed E-state index contributed by atoms with van der Waals surface area (Å²) in [5, 5.41) is 16.8. The Kier molecular flexibility index (Phi) is 6.43. The number of tetrazole rings is 1. The first-order chi connectivity index (χ1) is 15.9. The van der Waals surface area contributed by atoms with Crippen LogP contribution >= 0.6 is 0 Å². The number of hydrogen-bond acceptors (Lipinski definition) is 4. The monoisotopic (exact) mass is 456 g/mol. The zero-order chi connectivity index (χ0) is 23.4. The van der Waals surface area contributed by atoms with Gasteiger partial charge < -0.3 is 0 Å². The minimum atomic E-state index is -4.47. The zero-order valence-electron chi connectivity index (χ0n) is 18.0. The van der Waals surface area contributed by atoms with Gasteiger partial charge in [-0.2, -0.15) is 18.4 Å². The summed E-state index contributed by atoms with van der Waals surface area (Å²) in [5.74, 6) is 0.479. The Labute approximate surface area is 187 Å². The van der Waals surface area contributed by atoms with Crippen LogP contribution in [-0.4, -0.2) is 36.6 Å². The molecule has 4 rings (SSSR count). The van der Waals surface area contributed by atoms with Gasteiger partial charge in [0.05, 0.1) is 0 Å². The summed E-state index contributed by atoms with van der Waals surface area (Å²) in [6, 6.07) is 15.2. The number of nitrogens with zero attached hydrogens (tertiary/aromatic N) is 4. The summed E-state index contributed by atoms with van der Waals surface area (Å²) in [5.41, 5.74) is 3.83. The molecule has 10 heteroatoms. The Balaban J connectivity index is 1.62. The van der Waals surface area contributed by atoms with Crippen LogP contribution in [0.3, 0.4) is 0 Å². The molecule has 0 spiro atoms. The maximum Gasteiger partial charge on any atom is 0.408 e. The SMILES string of the molecule is CCCCc1[nH]n(CC(F)(F)F)c(=O)c1Cc1ccc(-c2ccccc2-c2nn[nH]n2)cc1. The predicted octanol–water partition coefficient (Wildman–Crippen LogP) is 4.52. The molecule has 0 aliphatic rings. The van der Waals surface area contributed by atoms with Crippen LogP contribution in [0.2, 0.25) is 0 Å². The van der Waals surface area contributed by atoms with E-state index in [1.807, 2.05) is 55.5 Å². The number of unbranched alkanes of at least 4 members (excludes halogenated alkanes) is 1. The molecule has 2 heterocycles. The van der Waals surface area contributed by atoms with Crippen molar-refractivity contribution in [2.24, 2.45) is 0 Å². The summed E-state index contributed by atoms with van der Waals surface area (Å²) >= 11 is 0. The molecule has 4 aromatic rings. The first-order valence-corrected chi connectivity index (χ1v) is 10.6. The molecule has 0 atom stereocenters. The van der Waals surface area contributed by atoms with E-state index in [1.165, 1.54) is 0 Å². The topological polar surface area (TPSA) is 92.2 Å². The maximum atomic E-state index is 12.9. The Morgan fingerprint density at radius 3 is 2.39 bits per heavy atom. The molecule has 172 valence electrons. The summed E-state index contributed by atoms with van der Waals surface area (Å²) < 4.78 is 39.3. The number of nitrogens with one attached hydrogen (secondary N) is 2. The highest BCUT2D eigenvalue weighted by Crippen LogP contribution is 2.30. The molecule has 0 unspecified atom stereocenters. The summed E-state index contributed by atoms with van der Waals surface area (Å²) in [6.45, 7) is 0.673. The van der Waals surface area contributed by atoms with E-state index in [4.69, 9.17) is 0 Å². The fourth-order valence-electron chi connectivity index (χ4n) is 3.82. The highest BCUT2D eigenvalue weighted by Gasteiger charge is 2.30. The third-order valence-electron chi connectivity index (χ3n) is 5.41. The van der Waals surface area contributed by atoms with Crippen LogP contribution in [-0.2, 0) is 19.4 Å². The van der Waals surface area contributed by atoms with Gasteiger partial charge in [0.25, 0.3) is 5.56 Å². The van der Waals surface area contributed by atoms with E-state index in [0.29, 0.717) is 28.2 Å². The van der Waals surface area contributed by atoms with Crippen molar-refractivity contribution < 1.29 is 13.2 Å². The third kappa shape index (κ3) is 5.21. The summed E-state index contributed by atoms with van der Waals surface area (Å²) in [6.07, 6.45) is -2.03. The average Bonchev–Trinajstić information content (AvgIpc) is 3.42. The van der Waals surface area contributed by atoms with Gasteiger partial charge in [0, 0.05) is 23.2 Å². The lowest BCUT2D eigenvalue weighted by Gasteiger charge is -2.08. The van der Waals surface area contributed by atoms with Gasteiger partial charge in [-0.15, -0.1) is 10.2 Å². The fraction of sp³-hybridized carbons (Fsp3) is 0.304. The third-order valence-corrected chi connectivity index (χ3v) is 5.41. The van der Waals surface area contributed by atoms with E-state index in [0.717, 1.165) is 35.1 Å². The molecule has 2 aromatic carbocycles. The molecule has 0 radical (unpaired) electrons. The molecule has 0 amide bonds. The fourth-order valence-corrected chi connectivity index (χ4v) is 3.82. The normalized spacial score (nSPS) is 11.8. The Bertz CT molecular complexity index is 1260. The van der Waals surface area contributed by atoms with Crippen molar-refractivity contribution >= 4 is 0 Å². The quantitative estimate of drug-likeness (QED) is 0.408. The minimum Gasteiger partial charge on any atom is -0.299 e. The van der Waals surface area contributed by atoms with E-state index in [-0.39, 0.29) is 6.42 Å². The Hall–Kier alpha value is -3.69. The molecule has 0 aliphatic carbocycles.